The van der Waals surface area contributed by atoms with Gasteiger partial charge < -0.3 is 9.47 Å². The van der Waals surface area contributed by atoms with Gasteiger partial charge in [0.05, 0.1) is 6.61 Å². The molecular weight excluding hydrogens is 194 g/mol. The van der Waals surface area contributed by atoms with Crippen molar-refractivity contribution in [2.75, 3.05) is 6.61 Å². The molecule has 0 spiro atoms. The first-order chi connectivity index (χ1) is 6.49. The molecule has 0 saturated carbocycles. The van der Waals surface area contributed by atoms with E-state index < -0.39 is 24.1 Å². The van der Waals surface area contributed by atoms with E-state index in [1.54, 1.807) is 6.92 Å². The molecule has 1 rings (SSSR count). The lowest BCUT2D eigenvalue weighted by molar-refractivity contribution is -0.157. The van der Waals surface area contributed by atoms with Crippen LogP contribution in [-0.4, -0.2) is 30.7 Å². The standard InChI is InChI=1S/C9H12F2O3/c1-3-4-6(12)14-7(8(10)11)9(2)5-13-9/h3-4,7-8H,5H2,1-2H3/b4-3+. The summed E-state index contributed by atoms with van der Waals surface area (Å²) in [6.07, 6.45) is -1.68. The van der Waals surface area contributed by atoms with Crippen molar-refractivity contribution in [3.8, 4) is 0 Å². The fourth-order valence-corrected chi connectivity index (χ4v) is 1.02. The molecule has 0 N–H and O–H groups in total. The normalized spacial score (nSPS) is 28.1. The van der Waals surface area contributed by atoms with E-state index >= 15 is 0 Å². The minimum absolute atomic E-state index is 0.200. The SMILES string of the molecule is C/C=C/C(=O)OC(C(F)F)C1(C)CO1. The number of hydrogen-bond donors (Lipinski definition) is 0. The summed E-state index contributed by atoms with van der Waals surface area (Å²) in [5.41, 5.74) is -1.01. The molecule has 0 radical (unpaired) electrons. The van der Waals surface area contributed by atoms with Gasteiger partial charge in [-0.2, -0.15) is 0 Å². The average Bonchev–Trinajstić information content (AvgIpc) is 2.80. The molecule has 0 aromatic heterocycles. The van der Waals surface area contributed by atoms with E-state index in [-0.39, 0.29) is 6.61 Å². The number of halogens is 2. The average molecular weight is 206 g/mol. The summed E-state index contributed by atoms with van der Waals surface area (Å²) in [6, 6.07) is 0. The van der Waals surface area contributed by atoms with E-state index in [1.165, 1.54) is 13.0 Å². The van der Waals surface area contributed by atoms with Crippen LogP contribution in [0.2, 0.25) is 0 Å². The van der Waals surface area contributed by atoms with E-state index in [0.29, 0.717) is 0 Å². The van der Waals surface area contributed by atoms with Crippen LogP contribution >= 0.6 is 0 Å². The highest BCUT2D eigenvalue weighted by atomic mass is 19.3. The molecule has 1 fully saturated rings. The smallest absolute Gasteiger partial charge is 0.330 e. The lowest BCUT2D eigenvalue weighted by Gasteiger charge is -2.19. The van der Waals surface area contributed by atoms with Crippen LogP contribution in [0.4, 0.5) is 8.78 Å². The summed E-state index contributed by atoms with van der Waals surface area (Å²) in [7, 11) is 0. The van der Waals surface area contributed by atoms with Gasteiger partial charge in [-0.25, -0.2) is 13.6 Å². The third-order valence-corrected chi connectivity index (χ3v) is 1.98. The van der Waals surface area contributed by atoms with Crippen LogP contribution in [0.5, 0.6) is 0 Å². The van der Waals surface area contributed by atoms with E-state index in [1.807, 2.05) is 0 Å². The Morgan fingerprint density at radius 1 is 1.64 bits per heavy atom. The molecule has 14 heavy (non-hydrogen) atoms. The maximum absolute atomic E-state index is 12.5. The number of rotatable bonds is 4. The zero-order chi connectivity index (χ0) is 10.8. The summed E-state index contributed by atoms with van der Waals surface area (Å²) in [5.74, 6) is -0.769. The van der Waals surface area contributed by atoms with Gasteiger partial charge in [-0.05, 0) is 13.8 Å². The van der Waals surface area contributed by atoms with Gasteiger partial charge in [0.25, 0.3) is 6.43 Å². The Hall–Kier alpha value is -0.970. The Balaban J connectivity index is 2.57. The van der Waals surface area contributed by atoms with Crippen LogP contribution in [0.15, 0.2) is 12.2 Å². The van der Waals surface area contributed by atoms with E-state index in [9.17, 15) is 13.6 Å². The van der Waals surface area contributed by atoms with Crippen molar-refractivity contribution < 1.29 is 23.0 Å². The molecule has 5 heteroatoms. The minimum Gasteiger partial charge on any atom is -0.450 e. The maximum Gasteiger partial charge on any atom is 0.330 e. The largest absolute Gasteiger partial charge is 0.450 e. The molecule has 2 unspecified atom stereocenters. The summed E-state index contributed by atoms with van der Waals surface area (Å²) in [4.78, 5) is 10.9. The molecule has 0 amide bonds. The fourth-order valence-electron chi connectivity index (χ4n) is 1.02. The number of carbonyl (C=O) groups excluding carboxylic acids is 1. The van der Waals surface area contributed by atoms with Crippen molar-refractivity contribution in [3.63, 3.8) is 0 Å². The van der Waals surface area contributed by atoms with Gasteiger partial charge in [0.2, 0.25) is 0 Å². The third kappa shape index (κ3) is 2.51. The fraction of sp³-hybridized carbons (Fsp3) is 0.667. The highest BCUT2D eigenvalue weighted by Crippen LogP contribution is 2.35. The predicted octanol–water partition coefficient (Wildman–Crippen LogP) is 1.53. The summed E-state index contributed by atoms with van der Waals surface area (Å²) >= 11 is 0. The number of alkyl halides is 2. The highest BCUT2D eigenvalue weighted by molar-refractivity contribution is 5.82. The lowest BCUT2D eigenvalue weighted by Crippen LogP contribution is -2.38. The van der Waals surface area contributed by atoms with Crippen molar-refractivity contribution in [3.05, 3.63) is 12.2 Å². The number of carbonyl (C=O) groups is 1. The molecule has 1 saturated heterocycles. The van der Waals surface area contributed by atoms with Crippen molar-refractivity contribution >= 4 is 5.97 Å². The molecule has 1 heterocycles. The zero-order valence-corrected chi connectivity index (χ0v) is 8.00. The van der Waals surface area contributed by atoms with Crippen LogP contribution in [0.1, 0.15) is 13.8 Å². The molecule has 3 nitrogen and oxygen atoms in total. The van der Waals surface area contributed by atoms with E-state index in [2.05, 4.69) is 4.74 Å². The Kier molecular flexibility index (Phi) is 3.21. The van der Waals surface area contributed by atoms with Crippen molar-refractivity contribution in [1.29, 1.82) is 0 Å². The third-order valence-electron chi connectivity index (χ3n) is 1.98. The Morgan fingerprint density at radius 3 is 2.57 bits per heavy atom. The zero-order valence-electron chi connectivity index (χ0n) is 8.00. The van der Waals surface area contributed by atoms with Gasteiger partial charge in [0.15, 0.2) is 6.10 Å². The van der Waals surface area contributed by atoms with Gasteiger partial charge in [0, 0.05) is 6.08 Å². The molecule has 0 bridgehead atoms. The second kappa shape index (κ2) is 4.04. The van der Waals surface area contributed by atoms with Crippen LogP contribution in [0.25, 0.3) is 0 Å². The van der Waals surface area contributed by atoms with Gasteiger partial charge in [0.1, 0.15) is 5.60 Å². The lowest BCUT2D eigenvalue weighted by atomic mass is 10.1. The summed E-state index contributed by atoms with van der Waals surface area (Å²) in [5, 5.41) is 0. The first kappa shape index (κ1) is 11.1. The van der Waals surface area contributed by atoms with Crippen LogP contribution < -0.4 is 0 Å². The van der Waals surface area contributed by atoms with Gasteiger partial charge >= 0.3 is 5.97 Å². The molecule has 80 valence electrons. The summed E-state index contributed by atoms with van der Waals surface area (Å²) < 4.78 is 34.3. The molecule has 0 aromatic carbocycles. The molecule has 1 aliphatic rings. The molecule has 2 atom stereocenters. The Bertz CT molecular complexity index is 246. The summed E-state index contributed by atoms with van der Waals surface area (Å²) in [6.45, 7) is 3.30. The van der Waals surface area contributed by atoms with Gasteiger partial charge in [-0.15, -0.1) is 0 Å². The first-order valence-corrected chi connectivity index (χ1v) is 4.25. The molecular formula is C9H12F2O3. The Labute approximate surface area is 80.7 Å². The molecule has 0 aromatic rings. The number of ether oxygens (including phenoxy) is 2. The van der Waals surface area contributed by atoms with Crippen LogP contribution in [-0.2, 0) is 14.3 Å². The van der Waals surface area contributed by atoms with E-state index in [4.69, 9.17) is 4.74 Å². The minimum atomic E-state index is -2.73. The number of allylic oxidation sites excluding steroid dienone is 1. The van der Waals surface area contributed by atoms with Crippen LogP contribution in [0.3, 0.4) is 0 Å². The number of esters is 1. The van der Waals surface area contributed by atoms with Crippen molar-refractivity contribution in [2.24, 2.45) is 0 Å². The first-order valence-electron chi connectivity index (χ1n) is 4.25. The highest BCUT2D eigenvalue weighted by Gasteiger charge is 2.53. The monoisotopic (exact) mass is 206 g/mol. The van der Waals surface area contributed by atoms with Gasteiger partial charge in [-0.3, -0.25) is 0 Å². The van der Waals surface area contributed by atoms with Crippen molar-refractivity contribution in [2.45, 2.75) is 32.0 Å². The van der Waals surface area contributed by atoms with Crippen molar-refractivity contribution in [1.82, 2.24) is 0 Å². The topological polar surface area (TPSA) is 38.8 Å². The second-order valence-corrected chi connectivity index (χ2v) is 3.29. The molecule has 0 aliphatic carbocycles. The van der Waals surface area contributed by atoms with Gasteiger partial charge in [-0.1, -0.05) is 6.08 Å². The number of hydrogen-bond acceptors (Lipinski definition) is 3. The predicted molar refractivity (Wildman–Crippen MR) is 45.1 cm³/mol. The number of epoxide rings is 1. The second-order valence-electron chi connectivity index (χ2n) is 3.29. The Morgan fingerprint density at radius 2 is 2.21 bits per heavy atom. The quantitative estimate of drug-likeness (QED) is 0.397. The molecule has 1 aliphatic heterocycles. The van der Waals surface area contributed by atoms with E-state index in [0.717, 1.165) is 6.08 Å². The maximum atomic E-state index is 12.5. The van der Waals surface area contributed by atoms with Crippen LogP contribution in [0, 0.1) is 0 Å².